The molecule has 0 bridgehead atoms. The molecule has 0 amide bonds. The van der Waals surface area contributed by atoms with Crippen LogP contribution in [-0.2, 0) is 6.61 Å². The number of ether oxygens (including phenoxy) is 2. The van der Waals surface area contributed by atoms with Gasteiger partial charge in [0.1, 0.15) is 11.5 Å². The molecule has 2 aromatic rings. The van der Waals surface area contributed by atoms with Crippen LogP contribution in [0, 0.1) is 10.1 Å². The van der Waals surface area contributed by atoms with Crippen LogP contribution in [0.2, 0.25) is 0 Å². The third kappa shape index (κ3) is 3.50. The Balaban J connectivity index is 2.37. The van der Waals surface area contributed by atoms with E-state index in [1.165, 1.54) is 25.3 Å². The maximum atomic E-state index is 11.0. The molecule has 0 saturated carbocycles. The minimum Gasteiger partial charge on any atom is -0.497 e. The number of benzene rings is 2. The summed E-state index contributed by atoms with van der Waals surface area (Å²) in [6.07, 6.45) is 0. The van der Waals surface area contributed by atoms with E-state index in [4.69, 9.17) is 14.6 Å². The van der Waals surface area contributed by atoms with Crippen LogP contribution in [0.4, 0.5) is 5.69 Å². The Morgan fingerprint density at radius 1 is 1.24 bits per heavy atom. The van der Waals surface area contributed by atoms with Crippen molar-refractivity contribution in [3.8, 4) is 17.2 Å². The molecule has 0 saturated heterocycles. The number of aliphatic hydroxyl groups is 1. The van der Waals surface area contributed by atoms with Crippen molar-refractivity contribution in [2.75, 3.05) is 7.11 Å². The Hall–Kier alpha value is -2.12. The van der Waals surface area contributed by atoms with Crippen LogP contribution in [-0.4, -0.2) is 17.1 Å². The summed E-state index contributed by atoms with van der Waals surface area (Å²) in [6.45, 7) is -0.111. The van der Waals surface area contributed by atoms with Gasteiger partial charge in [0.05, 0.1) is 18.6 Å². The summed E-state index contributed by atoms with van der Waals surface area (Å²) in [6, 6.07) is 9.20. The van der Waals surface area contributed by atoms with Gasteiger partial charge in [0.15, 0.2) is 0 Å². The summed E-state index contributed by atoms with van der Waals surface area (Å²) in [5.41, 5.74) is 0.542. The van der Waals surface area contributed by atoms with Gasteiger partial charge in [-0.15, -0.1) is 0 Å². The molecule has 7 heteroatoms. The highest BCUT2D eigenvalue weighted by molar-refractivity contribution is 9.10. The first-order valence-corrected chi connectivity index (χ1v) is 6.74. The quantitative estimate of drug-likeness (QED) is 0.655. The maximum Gasteiger partial charge on any atom is 0.311 e. The number of halogens is 1. The number of methoxy groups -OCH3 is 1. The van der Waals surface area contributed by atoms with Gasteiger partial charge >= 0.3 is 5.69 Å². The average molecular weight is 354 g/mol. The van der Waals surface area contributed by atoms with Gasteiger partial charge in [0.25, 0.3) is 0 Å². The average Bonchev–Trinajstić information content (AvgIpc) is 2.47. The molecule has 0 aliphatic rings. The first kappa shape index (κ1) is 15.3. The Morgan fingerprint density at radius 2 is 1.95 bits per heavy atom. The summed E-state index contributed by atoms with van der Waals surface area (Å²) in [5, 5.41) is 20.1. The number of rotatable bonds is 5. The van der Waals surface area contributed by atoms with Crippen LogP contribution in [0.3, 0.4) is 0 Å². The summed E-state index contributed by atoms with van der Waals surface area (Å²) in [4.78, 5) is 10.5. The highest BCUT2D eigenvalue weighted by Gasteiger charge is 2.17. The molecule has 0 radical (unpaired) electrons. The van der Waals surface area contributed by atoms with E-state index >= 15 is 0 Å². The first-order valence-electron chi connectivity index (χ1n) is 5.94. The zero-order chi connectivity index (χ0) is 15.4. The lowest BCUT2D eigenvalue weighted by atomic mass is 10.2. The van der Waals surface area contributed by atoms with Crippen molar-refractivity contribution in [1.82, 2.24) is 0 Å². The SMILES string of the molecule is COc1ccc([N+](=O)[O-])c(Oc2ccc(CO)c(Br)c2)c1. The number of hydrogen-bond donors (Lipinski definition) is 1. The molecule has 0 fully saturated rings. The Morgan fingerprint density at radius 3 is 2.52 bits per heavy atom. The second-order valence-corrected chi connectivity index (χ2v) is 4.96. The molecular formula is C14H12BrNO5. The van der Waals surface area contributed by atoms with Crippen LogP contribution < -0.4 is 9.47 Å². The van der Waals surface area contributed by atoms with Crippen molar-refractivity contribution >= 4 is 21.6 Å². The Kier molecular flexibility index (Phi) is 4.77. The lowest BCUT2D eigenvalue weighted by Crippen LogP contribution is -1.95. The molecule has 0 aliphatic heterocycles. The van der Waals surface area contributed by atoms with E-state index in [1.54, 1.807) is 18.2 Å². The minimum atomic E-state index is -0.522. The second-order valence-electron chi connectivity index (χ2n) is 4.10. The van der Waals surface area contributed by atoms with Crippen LogP contribution >= 0.6 is 15.9 Å². The predicted octanol–water partition coefficient (Wildman–Crippen LogP) is 3.65. The summed E-state index contributed by atoms with van der Waals surface area (Å²) < 4.78 is 11.3. The van der Waals surface area contributed by atoms with Gasteiger partial charge in [-0.1, -0.05) is 22.0 Å². The zero-order valence-electron chi connectivity index (χ0n) is 11.1. The predicted molar refractivity (Wildman–Crippen MR) is 79.8 cm³/mol. The number of hydrogen-bond acceptors (Lipinski definition) is 5. The molecule has 1 N–H and O–H groups in total. The van der Waals surface area contributed by atoms with Gasteiger partial charge in [-0.05, 0) is 23.8 Å². The monoisotopic (exact) mass is 353 g/mol. The van der Waals surface area contributed by atoms with Crippen molar-refractivity contribution in [3.63, 3.8) is 0 Å². The third-order valence-corrected chi connectivity index (χ3v) is 3.52. The molecule has 0 aromatic heterocycles. The zero-order valence-corrected chi connectivity index (χ0v) is 12.7. The van der Waals surface area contributed by atoms with E-state index in [2.05, 4.69) is 15.9 Å². The lowest BCUT2D eigenvalue weighted by molar-refractivity contribution is -0.385. The Labute approximate surface area is 129 Å². The van der Waals surface area contributed by atoms with E-state index in [0.717, 1.165) is 0 Å². The van der Waals surface area contributed by atoms with E-state index in [9.17, 15) is 10.1 Å². The fourth-order valence-electron chi connectivity index (χ4n) is 1.70. The van der Waals surface area contributed by atoms with Crippen LogP contribution in [0.25, 0.3) is 0 Å². The van der Waals surface area contributed by atoms with Crippen molar-refractivity contribution in [1.29, 1.82) is 0 Å². The molecule has 2 rings (SSSR count). The van der Waals surface area contributed by atoms with Gasteiger partial charge in [-0.25, -0.2) is 0 Å². The number of nitrogens with zero attached hydrogens (tertiary/aromatic N) is 1. The number of nitro benzene ring substituents is 1. The smallest absolute Gasteiger partial charge is 0.311 e. The van der Waals surface area contributed by atoms with Crippen LogP contribution in [0.5, 0.6) is 17.2 Å². The standard InChI is InChI=1S/C14H12BrNO5/c1-20-10-4-5-13(16(18)19)14(7-10)21-11-3-2-9(8-17)12(15)6-11/h2-7,17H,8H2,1H3. The number of aliphatic hydroxyl groups excluding tert-OH is 1. The first-order chi connectivity index (χ1) is 10.0. The van der Waals surface area contributed by atoms with E-state index < -0.39 is 4.92 Å². The van der Waals surface area contributed by atoms with Crippen molar-refractivity contribution in [2.24, 2.45) is 0 Å². The number of nitro groups is 1. The fraction of sp³-hybridized carbons (Fsp3) is 0.143. The molecule has 110 valence electrons. The van der Waals surface area contributed by atoms with Gasteiger partial charge in [0, 0.05) is 16.6 Å². The van der Waals surface area contributed by atoms with Gasteiger partial charge < -0.3 is 14.6 Å². The van der Waals surface area contributed by atoms with E-state index in [0.29, 0.717) is 21.5 Å². The molecule has 2 aromatic carbocycles. The van der Waals surface area contributed by atoms with Crippen molar-refractivity contribution in [3.05, 3.63) is 56.5 Å². The summed E-state index contributed by atoms with van der Waals surface area (Å²) in [7, 11) is 1.47. The third-order valence-electron chi connectivity index (χ3n) is 2.79. The highest BCUT2D eigenvalue weighted by atomic mass is 79.9. The minimum absolute atomic E-state index is 0.0861. The van der Waals surface area contributed by atoms with Crippen LogP contribution in [0.1, 0.15) is 5.56 Å². The molecule has 6 nitrogen and oxygen atoms in total. The maximum absolute atomic E-state index is 11.0. The molecule has 0 atom stereocenters. The Bertz CT molecular complexity index is 674. The van der Waals surface area contributed by atoms with Gasteiger partial charge in [-0.2, -0.15) is 0 Å². The van der Waals surface area contributed by atoms with E-state index in [1.807, 2.05) is 0 Å². The molecule has 0 unspecified atom stereocenters. The molecule has 21 heavy (non-hydrogen) atoms. The molecular weight excluding hydrogens is 342 g/mol. The lowest BCUT2D eigenvalue weighted by Gasteiger charge is -2.09. The molecule has 0 heterocycles. The van der Waals surface area contributed by atoms with Crippen molar-refractivity contribution in [2.45, 2.75) is 6.61 Å². The van der Waals surface area contributed by atoms with Crippen LogP contribution in [0.15, 0.2) is 40.9 Å². The van der Waals surface area contributed by atoms with Crippen molar-refractivity contribution < 1.29 is 19.5 Å². The summed E-state index contributed by atoms with van der Waals surface area (Å²) in [5.74, 6) is 0.958. The topological polar surface area (TPSA) is 81.8 Å². The fourth-order valence-corrected chi connectivity index (χ4v) is 2.18. The highest BCUT2D eigenvalue weighted by Crippen LogP contribution is 2.35. The molecule has 0 aliphatic carbocycles. The van der Waals surface area contributed by atoms with Gasteiger partial charge in [0.2, 0.25) is 5.75 Å². The normalized spacial score (nSPS) is 10.2. The summed E-state index contributed by atoms with van der Waals surface area (Å²) >= 11 is 3.30. The van der Waals surface area contributed by atoms with Gasteiger partial charge in [-0.3, -0.25) is 10.1 Å². The molecule has 0 spiro atoms. The second kappa shape index (κ2) is 6.55. The van der Waals surface area contributed by atoms with E-state index in [-0.39, 0.29) is 18.0 Å². The largest absolute Gasteiger partial charge is 0.497 e.